The molecule has 2 aliphatic rings. The fraction of sp³-hybridized carbons (Fsp3) is 0.442. The number of halogens is 4. The van der Waals surface area contributed by atoms with Crippen LogP contribution < -0.4 is 26.0 Å². The van der Waals surface area contributed by atoms with Crippen molar-refractivity contribution in [3.8, 4) is 28.1 Å². The Hall–Kier alpha value is -6.28. The maximum absolute atomic E-state index is 15.6. The summed E-state index contributed by atoms with van der Waals surface area (Å²) in [4.78, 5) is 65.2. The number of hydrogen-bond donors (Lipinski definition) is 6. The van der Waals surface area contributed by atoms with Crippen LogP contribution in [0.5, 0.6) is 5.75 Å². The topological polar surface area (TPSA) is 209 Å². The highest BCUT2D eigenvalue weighted by molar-refractivity contribution is 6.04. The number of benzene rings is 2. The number of aliphatic hydroxyl groups excluding tert-OH is 1. The molecule has 2 aromatic carbocycles. The number of amides is 4. The highest BCUT2D eigenvalue weighted by Gasteiger charge is 2.42. The number of likely N-dealkylation sites (tertiary alicyclic amines) is 1. The Morgan fingerprint density at radius 2 is 1.71 bits per heavy atom. The highest BCUT2D eigenvalue weighted by Crippen LogP contribution is 2.40. The normalized spacial score (nSPS) is 17.4. The van der Waals surface area contributed by atoms with Gasteiger partial charge >= 0.3 is 12.5 Å². The third kappa shape index (κ3) is 11.6. The van der Waals surface area contributed by atoms with Gasteiger partial charge in [0.15, 0.2) is 0 Å². The standard InChI is InChI=1S/C43H50F4N8O8/c1-24-17-33(55(22-24)39(58)36(54-41(60)61-4)27-11-15-62-16-12-27)37-51-21-32(52-37)26-7-5-25(6-8-26)29-18-30(44)31(19-34(29)63-43(45,46)47)53-38(57)28-9-10-35(50-20-28)48-13-14-49-40(59)42(2,3)23-56/h5-10,18-21,24,27,33,36,56H,11-17,22-23H2,1-4H3,(H,48,50)(H,49,59)(H,51,52)(H,53,57)(H,54,60)/t24-,33-,36-/m0/s1. The number of ether oxygens (including phenoxy) is 3. The maximum atomic E-state index is 15.6. The van der Waals surface area contributed by atoms with Gasteiger partial charge in [0.2, 0.25) is 11.8 Å². The van der Waals surface area contributed by atoms with Gasteiger partial charge in [-0.15, -0.1) is 13.2 Å². The molecule has 2 aliphatic heterocycles. The van der Waals surface area contributed by atoms with E-state index in [4.69, 9.17) is 9.47 Å². The number of imidazole rings is 1. The van der Waals surface area contributed by atoms with E-state index >= 15 is 4.39 Å². The summed E-state index contributed by atoms with van der Waals surface area (Å²) in [6, 6.07) is 9.37. The van der Waals surface area contributed by atoms with Crippen LogP contribution in [-0.2, 0) is 19.1 Å². The Morgan fingerprint density at radius 1 is 1.00 bits per heavy atom. The number of pyridine rings is 1. The number of alkyl carbamates (subject to hydrolysis) is 1. The van der Waals surface area contributed by atoms with Crippen LogP contribution in [-0.4, -0.2) is 108 Å². The number of nitrogens with zero attached hydrogens (tertiary/aromatic N) is 3. The number of methoxy groups -OCH3 is 1. The van der Waals surface area contributed by atoms with E-state index in [2.05, 4.69) is 41.0 Å². The quantitative estimate of drug-likeness (QED) is 0.0600. The molecular weight excluding hydrogens is 833 g/mol. The second-order valence-electron chi connectivity index (χ2n) is 16.2. The number of alkyl halides is 3. The van der Waals surface area contributed by atoms with Gasteiger partial charge in [-0.1, -0.05) is 31.2 Å². The zero-order valence-electron chi connectivity index (χ0n) is 35.1. The molecule has 0 unspecified atom stereocenters. The van der Waals surface area contributed by atoms with Gasteiger partial charge in [0, 0.05) is 50.7 Å². The van der Waals surface area contributed by atoms with E-state index in [9.17, 15) is 37.5 Å². The van der Waals surface area contributed by atoms with E-state index in [0.29, 0.717) is 61.9 Å². The first-order chi connectivity index (χ1) is 30.0. The molecule has 2 saturated heterocycles. The molecule has 20 heteroatoms. The summed E-state index contributed by atoms with van der Waals surface area (Å²) < 4.78 is 71.2. The average Bonchev–Trinajstić information content (AvgIpc) is 3.92. The fourth-order valence-corrected chi connectivity index (χ4v) is 7.41. The first-order valence-electron chi connectivity index (χ1n) is 20.3. The number of aromatic amines is 1. The molecule has 0 saturated carbocycles. The maximum Gasteiger partial charge on any atom is 0.573 e. The number of nitrogens with one attached hydrogen (secondary N) is 5. The van der Waals surface area contributed by atoms with Gasteiger partial charge in [-0.05, 0) is 74.3 Å². The van der Waals surface area contributed by atoms with Gasteiger partial charge in [0.25, 0.3) is 5.91 Å². The van der Waals surface area contributed by atoms with Crippen LogP contribution in [0, 0.1) is 23.1 Å². The molecule has 338 valence electrons. The fourth-order valence-electron chi connectivity index (χ4n) is 7.41. The first kappa shape index (κ1) is 46.2. The van der Waals surface area contributed by atoms with Crippen molar-refractivity contribution < 1.29 is 56.1 Å². The van der Waals surface area contributed by atoms with Gasteiger partial charge in [-0.25, -0.2) is 19.2 Å². The van der Waals surface area contributed by atoms with Crippen molar-refractivity contribution in [1.82, 2.24) is 30.5 Å². The average molecular weight is 883 g/mol. The minimum Gasteiger partial charge on any atom is -0.453 e. The number of anilines is 2. The number of rotatable bonds is 15. The molecule has 6 rings (SSSR count). The summed E-state index contributed by atoms with van der Waals surface area (Å²) in [6.07, 6.45) is -1.29. The molecule has 0 radical (unpaired) electrons. The van der Waals surface area contributed by atoms with Gasteiger partial charge in [-0.2, -0.15) is 0 Å². The van der Waals surface area contributed by atoms with Gasteiger partial charge in [-0.3, -0.25) is 14.4 Å². The third-order valence-electron chi connectivity index (χ3n) is 11.0. The Kier molecular flexibility index (Phi) is 14.6. The highest BCUT2D eigenvalue weighted by atomic mass is 19.4. The van der Waals surface area contributed by atoms with Crippen LogP contribution in [0.2, 0.25) is 0 Å². The van der Waals surface area contributed by atoms with Crippen molar-refractivity contribution in [3.63, 3.8) is 0 Å². The lowest BCUT2D eigenvalue weighted by Gasteiger charge is -2.34. The smallest absolute Gasteiger partial charge is 0.453 e. The number of hydrogen-bond acceptors (Lipinski definition) is 11. The van der Waals surface area contributed by atoms with Crippen molar-refractivity contribution in [2.24, 2.45) is 17.3 Å². The second kappa shape index (κ2) is 19.8. The molecule has 63 heavy (non-hydrogen) atoms. The molecule has 2 fully saturated rings. The van der Waals surface area contributed by atoms with E-state index < -0.39 is 53.1 Å². The van der Waals surface area contributed by atoms with E-state index in [1.54, 1.807) is 37.1 Å². The van der Waals surface area contributed by atoms with E-state index in [-0.39, 0.29) is 60.0 Å². The second-order valence-corrected chi connectivity index (χ2v) is 16.2. The third-order valence-corrected chi connectivity index (χ3v) is 11.0. The molecule has 2 aromatic heterocycles. The number of aliphatic hydroxyl groups is 1. The Labute approximate surface area is 360 Å². The van der Waals surface area contributed by atoms with Crippen LogP contribution >= 0.6 is 0 Å². The van der Waals surface area contributed by atoms with Crippen molar-refractivity contribution in [2.75, 3.05) is 57.2 Å². The van der Waals surface area contributed by atoms with Crippen LogP contribution in [0.25, 0.3) is 22.4 Å². The predicted molar refractivity (Wildman–Crippen MR) is 222 cm³/mol. The molecule has 4 heterocycles. The minimum atomic E-state index is -5.15. The lowest BCUT2D eigenvalue weighted by molar-refractivity contribution is -0.274. The largest absolute Gasteiger partial charge is 0.573 e. The summed E-state index contributed by atoms with van der Waals surface area (Å²) in [5.41, 5.74) is -0.436. The first-order valence-corrected chi connectivity index (χ1v) is 20.3. The van der Waals surface area contributed by atoms with Crippen molar-refractivity contribution in [2.45, 2.75) is 58.5 Å². The zero-order valence-corrected chi connectivity index (χ0v) is 35.1. The number of aromatic nitrogens is 3. The Balaban J connectivity index is 1.14. The van der Waals surface area contributed by atoms with Crippen molar-refractivity contribution in [3.05, 3.63) is 78.1 Å². The molecular formula is C43H50F4N8O8. The van der Waals surface area contributed by atoms with Crippen LogP contribution in [0.4, 0.5) is 33.9 Å². The number of H-pyrrole nitrogens is 1. The Morgan fingerprint density at radius 3 is 2.37 bits per heavy atom. The zero-order chi connectivity index (χ0) is 45.5. The van der Waals surface area contributed by atoms with Crippen LogP contribution in [0.1, 0.15) is 62.3 Å². The summed E-state index contributed by atoms with van der Waals surface area (Å²) in [7, 11) is 1.24. The molecule has 3 atom stereocenters. The summed E-state index contributed by atoms with van der Waals surface area (Å²) in [5, 5.41) is 20.0. The lowest BCUT2D eigenvalue weighted by Crippen LogP contribution is -2.53. The van der Waals surface area contributed by atoms with Crippen molar-refractivity contribution >= 4 is 35.3 Å². The number of carbonyl (C=O) groups excluding carboxylic acids is 4. The molecule has 0 bridgehead atoms. The van der Waals surface area contributed by atoms with Crippen LogP contribution in [0.3, 0.4) is 0 Å². The lowest BCUT2D eigenvalue weighted by atomic mass is 9.90. The molecule has 0 aliphatic carbocycles. The molecule has 16 nitrogen and oxygen atoms in total. The molecule has 4 amide bonds. The Bertz CT molecular complexity index is 2250. The van der Waals surface area contributed by atoms with Crippen LogP contribution in [0.15, 0.2) is 60.9 Å². The minimum absolute atomic E-state index is 0.0191. The van der Waals surface area contributed by atoms with Gasteiger partial charge < -0.3 is 50.5 Å². The van der Waals surface area contributed by atoms with Gasteiger partial charge in [0.1, 0.15) is 29.3 Å². The monoisotopic (exact) mass is 882 g/mol. The van der Waals surface area contributed by atoms with Gasteiger partial charge in [0.05, 0.1) is 48.3 Å². The summed E-state index contributed by atoms with van der Waals surface area (Å²) in [5.74, 6) is -2.37. The number of carbonyl (C=O) groups is 4. The predicted octanol–water partition coefficient (Wildman–Crippen LogP) is 6.04. The summed E-state index contributed by atoms with van der Waals surface area (Å²) in [6.45, 7) is 6.78. The van der Waals surface area contributed by atoms with Crippen molar-refractivity contribution in [1.29, 1.82) is 0 Å². The molecule has 4 aromatic rings. The summed E-state index contributed by atoms with van der Waals surface area (Å²) >= 11 is 0. The van der Waals surface area contributed by atoms with E-state index in [0.717, 1.165) is 12.1 Å². The molecule has 6 N–H and O–H groups in total. The van der Waals surface area contributed by atoms with E-state index in [1.807, 2.05) is 6.92 Å². The molecule has 0 spiro atoms. The van der Waals surface area contributed by atoms with E-state index in [1.165, 1.54) is 37.6 Å². The SMILES string of the molecule is COC(=O)N[C@H](C(=O)N1C[C@@H](C)C[C@H]1c1ncc(-c2ccc(-c3cc(F)c(NC(=O)c4ccc(NCCNC(=O)C(C)(C)CO)nc4)cc3OC(F)(F)F)cc2)[nH]1)C1CCOCC1.